The first-order valence-electron chi connectivity index (χ1n) is 8.32. The third-order valence-corrected chi connectivity index (χ3v) is 4.21. The molecule has 7 heteroatoms. The van der Waals surface area contributed by atoms with Crippen LogP contribution in [0.4, 0.5) is 10.2 Å². The van der Waals surface area contributed by atoms with Crippen molar-refractivity contribution in [3.63, 3.8) is 0 Å². The molecule has 0 amide bonds. The minimum Gasteiger partial charge on any atom is -0.491 e. The summed E-state index contributed by atoms with van der Waals surface area (Å²) in [5.74, 6) is 1.17. The summed E-state index contributed by atoms with van der Waals surface area (Å²) in [7, 11) is 3.93. The van der Waals surface area contributed by atoms with Crippen LogP contribution in [0.2, 0.25) is 0 Å². The molecule has 1 N–H and O–H groups in total. The van der Waals surface area contributed by atoms with Gasteiger partial charge in [-0.2, -0.15) is 0 Å². The van der Waals surface area contributed by atoms with Crippen molar-refractivity contribution in [1.82, 2.24) is 14.9 Å². The van der Waals surface area contributed by atoms with Crippen LogP contribution in [0.3, 0.4) is 0 Å². The average molecular weight is 346 g/mol. The molecule has 0 unspecified atom stereocenters. The number of hydrogen-bond acceptors (Lipinski definition) is 6. The summed E-state index contributed by atoms with van der Waals surface area (Å²) in [4.78, 5) is 12.9. The molecule has 25 heavy (non-hydrogen) atoms. The van der Waals surface area contributed by atoms with Gasteiger partial charge in [0.25, 0.3) is 0 Å². The second kappa shape index (κ2) is 7.76. The number of aliphatic hydroxyl groups excluding tert-OH is 1. The first-order chi connectivity index (χ1) is 12.0. The number of benzene rings is 1. The molecule has 2 heterocycles. The molecular weight excluding hydrogens is 323 g/mol. The van der Waals surface area contributed by atoms with E-state index in [0.717, 1.165) is 30.0 Å². The molecule has 0 bridgehead atoms. The van der Waals surface area contributed by atoms with Gasteiger partial charge in [-0.3, -0.25) is 4.90 Å². The van der Waals surface area contributed by atoms with E-state index in [4.69, 9.17) is 4.74 Å². The molecule has 0 saturated carbocycles. The lowest BCUT2D eigenvalue weighted by Crippen LogP contribution is -2.39. The molecule has 1 aromatic heterocycles. The predicted octanol–water partition coefficient (Wildman–Crippen LogP) is 1.48. The summed E-state index contributed by atoms with van der Waals surface area (Å²) < 4.78 is 18.4. The van der Waals surface area contributed by atoms with Crippen molar-refractivity contribution in [3.8, 4) is 5.75 Å². The highest BCUT2D eigenvalue weighted by molar-refractivity contribution is 5.48. The van der Waals surface area contributed by atoms with Gasteiger partial charge in [0, 0.05) is 45.7 Å². The number of halogens is 1. The fraction of sp³-hybridized carbons (Fsp3) is 0.444. The Hall–Kier alpha value is -2.25. The Morgan fingerprint density at radius 1 is 1.28 bits per heavy atom. The van der Waals surface area contributed by atoms with Crippen molar-refractivity contribution in [3.05, 3.63) is 47.7 Å². The van der Waals surface area contributed by atoms with Crippen LogP contribution in [-0.4, -0.2) is 59.9 Å². The number of nitrogens with zero attached hydrogens (tertiary/aromatic N) is 4. The smallest absolute Gasteiger partial charge is 0.136 e. The maximum absolute atomic E-state index is 12.9. The lowest BCUT2D eigenvalue weighted by Gasteiger charge is -2.31. The van der Waals surface area contributed by atoms with Crippen molar-refractivity contribution in [2.45, 2.75) is 19.1 Å². The van der Waals surface area contributed by atoms with Crippen LogP contribution >= 0.6 is 0 Å². The molecule has 1 aliphatic rings. The molecule has 0 aliphatic carbocycles. The Morgan fingerprint density at radius 2 is 2.04 bits per heavy atom. The van der Waals surface area contributed by atoms with E-state index >= 15 is 0 Å². The molecule has 134 valence electrons. The Kier molecular flexibility index (Phi) is 5.45. The number of hydrogen-bond donors (Lipinski definition) is 1. The normalized spacial score (nSPS) is 15.5. The Morgan fingerprint density at radius 3 is 2.76 bits per heavy atom. The molecular formula is C18H23FN4O2. The Labute approximate surface area is 146 Å². The molecule has 0 spiro atoms. The maximum Gasteiger partial charge on any atom is 0.136 e. The lowest BCUT2D eigenvalue weighted by atomic mass is 10.1. The molecule has 1 aliphatic heterocycles. The zero-order valence-electron chi connectivity index (χ0n) is 14.5. The molecule has 1 aromatic carbocycles. The first-order valence-corrected chi connectivity index (χ1v) is 8.32. The molecule has 2 aromatic rings. The SMILES string of the molecule is CN(C)c1ncnc2c1CN(C[C@@H](O)COc1ccc(F)cc1)CC2. The van der Waals surface area contributed by atoms with E-state index in [9.17, 15) is 9.50 Å². The molecule has 0 fully saturated rings. The average Bonchev–Trinajstić information content (AvgIpc) is 2.60. The second-order valence-corrected chi connectivity index (χ2v) is 6.42. The highest BCUT2D eigenvalue weighted by Crippen LogP contribution is 2.24. The van der Waals surface area contributed by atoms with Gasteiger partial charge in [-0.05, 0) is 24.3 Å². The number of rotatable bonds is 6. The van der Waals surface area contributed by atoms with Crippen LogP contribution in [0.15, 0.2) is 30.6 Å². The van der Waals surface area contributed by atoms with E-state index < -0.39 is 6.10 Å². The maximum atomic E-state index is 12.9. The summed E-state index contributed by atoms with van der Waals surface area (Å²) in [6.07, 6.45) is 1.82. The number of anilines is 1. The minimum atomic E-state index is -0.626. The number of fused-ring (bicyclic) bond motifs is 1. The number of ether oxygens (including phenoxy) is 1. The lowest BCUT2D eigenvalue weighted by molar-refractivity contribution is 0.0635. The van der Waals surface area contributed by atoms with Crippen molar-refractivity contribution in [2.75, 3.05) is 38.7 Å². The van der Waals surface area contributed by atoms with Crippen LogP contribution in [0.25, 0.3) is 0 Å². The van der Waals surface area contributed by atoms with E-state index in [1.54, 1.807) is 18.5 Å². The molecule has 3 rings (SSSR count). The van der Waals surface area contributed by atoms with E-state index in [1.165, 1.54) is 12.1 Å². The summed E-state index contributed by atoms with van der Waals surface area (Å²) in [6.45, 7) is 2.21. The highest BCUT2D eigenvalue weighted by Gasteiger charge is 2.23. The fourth-order valence-electron chi connectivity index (χ4n) is 3.00. The molecule has 1 atom stereocenters. The van der Waals surface area contributed by atoms with Gasteiger partial charge in [-0.15, -0.1) is 0 Å². The van der Waals surface area contributed by atoms with E-state index in [0.29, 0.717) is 18.8 Å². The number of aromatic nitrogens is 2. The van der Waals surface area contributed by atoms with Crippen LogP contribution in [0.5, 0.6) is 5.75 Å². The molecule has 0 radical (unpaired) electrons. The number of β-amino-alcohol motifs (C(OH)–C–C–N with tert-alkyl or cyclic N) is 1. The van der Waals surface area contributed by atoms with Crippen molar-refractivity contribution >= 4 is 5.82 Å². The van der Waals surface area contributed by atoms with E-state index in [-0.39, 0.29) is 12.4 Å². The van der Waals surface area contributed by atoms with Gasteiger partial charge in [0.05, 0.1) is 5.69 Å². The zero-order valence-corrected chi connectivity index (χ0v) is 14.5. The van der Waals surface area contributed by atoms with Crippen LogP contribution in [0.1, 0.15) is 11.3 Å². The van der Waals surface area contributed by atoms with Gasteiger partial charge in [-0.25, -0.2) is 14.4 Å². The molecule has 6 nitrogen and oxygen atoms in total. The largest absolute Gasteiger partial charge is 0.491 e. The van der Waals surface area contributed by atoms with Crippen molar-refractivity contribution < 1.29 is 14.2 Å². The zero-order chi connectivity index (χ0) is 17.8. The van der Waals surface area contributed by atoms with Gasteiger partial charge >= 0.3 is 0 Å². The van der Waals surface area contributed by atoms with Gasteiger partial charge in [-0.1, -0.05) is 0 Å². The summed E-state index contributed by atoms with van der Waals surface area (Å²) in [5.41, 5.74) is 2.19. The topological polar surface area (TPSA) is 61.7 Å². The van der Waals surface area contributed by atoms with Crippen LogP contribution < -0.4 is 9.64 Å². The molecule has 0 saturated heterocycles. The number of aliphatic hydroxyl groups is 1. The standard InChI is InChI=1S/C18H23FN4O2/c1-22(2)18-16-10-23(8-7-17(16)20-12-21-18)9-14(24)11-25-15-5-3-13(19)4-6-15/h3-6,12,14,24H,7-11H2,1-2H3/t14-/m1/s1. The van der Waals surface area contributed by atoms with Gasteiger partial charge < -0.3 is 14.7 Å². The van der Waals surface area contributed by atoms with Crippen molar-refractivity contribution in [1.29, 1.82) is 0 Å². The van der Waals surface area contributed by atoms with E-state index in [1.807, 2.05) is 19.0 Å². The Balaban J connectivity index is 1.56. The monoisotopic (exact) mass is 346 g/mol. The summed E-state index contributed by atoms with van der Waals surface area (Å²) >= 11 is 0. The minimum absolute atomic E-state index is 0.167. The third kappa shape index (κ3) is 4.43. The fourth-order valence-corrected chi connectivity index (χ4v) is 3.00. The summed E-state index contributed by atoms with van der Waals surface area (Å²) in [5, 5.41) is 10.3. The quantitative estimate of drug-likeness (QED) is 0.855. The van der Waals surface area contributed by atoms with Crippen LogP contribution in [-0.2, 0) is 13.0 Å². The van der Waals surface area contributed by atoms with Crippen LogP contribution in [0, 0.1) is 5.82 Å². The Bertz CT molecular complexity index is 709. The summed E-state index contributed by atoms with van der Waals surface area (Å²) in [6, 6.07) is 5.79. The van der Waals surface area contributed by atoms with Crippen molar-refractivity contribution in [2.24, 2.45) is 0 Å². The highest BCUT2D eigenvalue weighted by atomic mass is 19.1. The predicted molar refractivity (Wildman–Crippen MR) is 93.2 cm³/mol. The van der Waals surface area contributed by atoms with Gasteiger partial charge in [0.1, 0.15) is 36.4 Å². The third-order valence-electron chi connectivity index (χ3n) is 4.21. The first kappa shape index (κ1) is 17.6. The van der Waals surface area contributed by atoms with Gasteiger partial charge in [0.15, 0.2) is 0 Å². The van der Waals surface area contributed by atoms with Gasteiger partial charge in [0.2, 0.25) is 0 Å². The van der Waals surface area contributed by atoms with E-state index in [2.05, 4.69) is 14.9 Å². The second-order valence-electron chi connectivity index (χ2n) is 6.42.